The van der Waals surface area contributed by atoms with E-state index in [0.717, 1.165) is 6.42 Å². The summed E-state index contributed by atoms with van der Waals surface area (Å²) >= 11 is 0. The second kappa shape index (κ2) is 3.61. The van der Waals surface area contributed by atoms with Crippen LogP contribution >= 0.6 is 0 Å². The van der Waals surface area contributed by atoms with Gasteiger partial charge < -0.3 is 4.98 Å². The number of rotatable bonds is 0. The quantitative estimate of drug-likeness (QED) is 0.732. The van der Waals surface area contributed by atoms with Gasteiger partial charge in [0.25, 0.3) is 0 Å². The van der Waals surface area contributed by atoms with Crippen molar-refractivity contribution in [1.82, 2.24) is 9.88 Å². The Morgan fingerprint density at radius 2 is 2.06 bits per heavy atom. The number of likely N-dealkylation sites (N-methyl/N-ethyl adjacent to an activating group) is 1. The second-order valence-corrected chi connectivity index (χ2v) is 5.46. The Morgan fingerprint density at radius 1 is 1.29 bits per heavy atom. The van der Waals surface area contributed by atoms with Crippen LogP contribution in [0.3, 0.4) is 0 Å². The topological polar surface area (TPSA) is 19.0 Å². The lowest BCUT2D eigenvalue weighted by Crippen LogP contribution is -2.37. The van der Waals surface area contributed by atoms with Crippen molar-refractivity contribution in [2.24, 2.45) is 0 Å². The number of aromatic nitrogens is 1. The van der Waals surface area contributed by atoms with Crippen LogP contribution in [0.4, 0.5) is 0 Å². The van der Waals surface area contributed by atoms with Gasteiger partial charge in [0.1, 0.15) is 0 Å². The fourth-order valence-electron chi connectivity index (χ4n) is 3.05. The van der Waals surface area contributed by atoms with E-state index in [-0.39, 0.29) is 0 Å². The van der Waals surface area contributed by atoms with Gasteiger partial charge in [0.2, 0.25) is 0 Å². The van der Waals surface area contributed by atoms with Crippen LogP contribution in [0.2, 0.25) is 0 Å². The highest BCUT2D eigenvalue weighted by atomic mass is 15.2. The number of nitrogens with zero attached hydrogens (tertiary/aromatic N) is 1. The van der Waals surface area contributed by atoms with Crippen molar-refractivity contribution < 1.29 is 0 Å². The monoisotopic (exact) mass is 228 g/mol. The lowest BCUT2D eigenvalue weighted by molar-refractivity contribution is 0.179. The lowest BCUT2D eigenvalue weighted by atomic mass is 9.93. The molecule has 2 heterocycles. The van der Waals surface area contributed by atoms with Crippen molar-refractivity contribution in [3.8, 4) is 0 Å². The SMILES string of the molecule is Cc1ccc2[nH]c3c(c2c1)C(C)N(C)C(C)C3. The third-order valence-corrected chi connectivity index (χ3v) is 4.30. The highest BCUT2D eigenvalue weighted by molar-refractivity contribution is 5.86. The van der Waals surface area contributed by atoms with Crippen LogP contribution < -0.4 is 0 Å². The first-order valence-corrected chi connectivity index (χ1v) is 6.41. The molecule has 2 nitrogen and oxygen atoms in total. The number of benzene rings is 1. The summed E-state index contributed by atoms with van der Waals surface area (Å²) in [7, 11) is 2.23. The zero-order valence-electron chi connectivity index (χ0n) is 11.0. The molecule has 0 bridgehead atoms. The Labute approximate surface area is 103 Å². The van der Waals surface area contributed by atoms with Gasteiger partial charge in [-0.2, -0.15) is 0 Å². The Kier molecular flexibility index (Phi) is 2.30. The largest absolute Gasteiger partial charge is 0.358 e. The minimum Gasteiger partial charge on any atom is -0.358 e. The first-order valence-electron chi connectivity index (χ1n) is 6.41. The molecule has 90 valence electrons. The van der Waals surface area contributed by atoms with E-state index in [0.29, 0.717) is 12.1 Å². The van der Waals surface area contributed by atoms with E-state index < -0.39 is 0 Å². The third-order valence-electron chi connectivity index (χ3n) is 4.30. The summed E-state index contributed by atoms with van der Waals surface area (Å²) in [6.07, 6.45) is 1.13. The van der Waals surface area contributed by atoms with Gasteiger partial charge in [0, 0.05) is 35.1 Å². The summed E-state index contributed by atoms with van der Waals surface area (Å²) in [5.74, 6) is 0. The van der Waals surface area contributed by atoms with E-state index in [9.17, 15) is 0 Å². The van der Waals surface area contributed by atoms with E-state index >= 15 is 0 Å². The average Bonchev–Trinajstić information content (AvgIpc) is 2.63. The van der Waals surface area contributed by atoms with E-state index in [1.54, 1.807) is 0 Å². The van der Waals surface area contributed by atoms with Gasteiger partial charge >= 0.3 is 0 Å². The summed E-state index contributed by atoms with van der Waals surface area (Å²) in [5, 5.41) is 1.41. The number of aryl methyl sites for hydroxylation is 1. The third kappa shape index (κ3) is 1.51. The van der Waals surface area contributed by atoms with Crippen molar-refractivity contribution in [3.63, 3.8) is 0 Å². The summed E-state index contributed by atoms with van der Waals surface area (Å²) in [4.78, 5) is 6.07. The van der Waals surface area contributed by atoms with Crippen LogP contribution in [0.25, 0.3) is 10.9 Å². The molecule has 1 N–H and O–H groups in total. The molecule has 1 aliphatic rings. The molecule has 0 aliphatic carbocycles. The Balaban J connectivity index is 2.27. The fraction of sp³-hybridized carbons (Fsp3) is 0.467. The minimum absolute atomic E-state index is 0.504. The number of hydrogen-bond donors (Lipinski definition) is 1. The van der Waals surface area contributed by atoms with Crippen molar-refractivity contribution >= 4 is 10.9 Å². The summed E-state index contributed by atoms with van der Waals surface area (Å²) in [5.41, 5.74) is 5.57. The van der Waals surface area contributed by atoms with Crippen LogP contribution in [0.1, 0.15) is 36.7 Å². The Bertz CT molecular complexity index is 568. The van der Waals surface area contributed by atoms with Crippen molar-refractivity contribution in [1.29, 1.82) is 0 Å². The number of hydrogen-bond acceptors (Lipinski definition) is 1. The molecule has 1 aromatic carbocycles. The first-order chi connectivity index (χ1) is 8.08. The number of fused-ring (bicyclic) bond motifs is 3. The molecule has 0 saturated carbocycles. The molecule has 0 fully saturated rings. The molecule has 0 spiro atoms. The molecule has 0 saturated heterocycles. The molecular weight excluding hydrogens is 208 g/mol. The van der Waals surface area contributed by atoms with Gasteiger partial charge in [-0.05, 0) is 45.5 Å². The second-order valence-electron chi connectivity index (χ2n) is 5.46. The normalized spacial score (nSPS) is 25.2. The highest BCUT2D eigenvalue weighted by Crippen LogP contribution is 2.36. The molecule has 2 atom stereocenters. The van der Waals surface area contributed by atoms with Crippen LogP contribution in [-0.2, 0) is 6.42 Å². The van der Waals surface area contributed by atoms with Crippen molar-refractivity contribution in [2.45, 2.75) is 39.3 Å². The maximum absolute atomic E-state index is 3.60. The van der Waals surface area contributed by atoms with E-state index in [1.165, 1.54) is 27.7 Å². The van der Waals surface area contributed by atoms with E-state index in [1.807, 2.05) is 0 Å². The van der Waals surface area contributed by atoms with Crippen LogP contribution in [-0.4, -0.2) is 23.0 Å². The van der Waals surface area contributed by atoms with Crippen LogP contribution in [0.5, 0.6) is 0 Å². The highest BCUT2D eigenvalue weighted by Gasteiger charge is 2.29. The molecule has 1 aromatic heterocycles. The predicted octanol–water partition coefficient (Wildman–Crippen LogP) is 3.41. The number of aromatic amines is 1. The Hall–Kier alpha value is -1.28. The summed E-state index contributed by atoms with van der Waals surface area (Å²) in [6, 6.07) is 7.82. The minimum atomic E-state index is 0.504. The molecule has 3 rings (SSSR count). The molecule has 2 aromatic rings. The number of nitrogens with one attached hydrogen (secondary N) is 1. The predicted molar refractivity (Wildman–Crippen MR) is 72.4 cm³/mol. The first kappa shape index (κ1) is 10.8. The van der Waals surface area contributed by atoms with Gasteiger partial charge in [-0.25, -0.2) is 0 Å². The molecule has 17 heavy (non-hydrogen) atoms. The molecule has 2 unspecified atom stereocenters. The van der Waals surface area contributed by atoms with Gasteiger partial charge in [-0.3, -0.25) is 4.90 Å². The van der Waals surface area contributed by atoms with Crippen molar-refractivity contribution in [3.05, 3.63) is 35.0 Å². The average molecular weight is 228 g/mol. The van der Waals surface area contributed by atoms with Gasteiger partial charge in [-0.15, -0.1) is 0 Å². The molecule has 0 amide bonds. The number of H-pyrrole nitrogens is 1. The van der Waals surface area contributed by atoms with Gasteiger partial charge in [0.05, 0.1) is 0 Å². The molecule has 2 heteroatoms. The van der Waals surface area contributed by atoms with Crippen LogP contribution in [0.15, 0.2) is 18.2 Å². The maximum atomic E-state index is 3.60. The van der Waals surface area contributed by atoms with Gasteiger partial charge in [-0.1, -0.05) is 11.6 Å². The Morgan fingerprint density at radius 3 is 2.82 bits per heavy atom. The van der Waals surface area contributed by atoms with Crippen molar-refractivity contribution in [2.75, 3.05) is 7.05 Å². The van der Waals surface area contributed by atoms with E-state index in [4.69, 9.17) is 0 Å². The lowest BCUT2D eigenvalue weighted by Gasteiger charge is -2.36. The van der Waals surface area contributed by atoms with Crippen LogP contribution in [0, 0.1) is 6.92 Å². The maximum Gasteiger partial charge on any atom is 0.0459 e. The smallest absolute Gasteiger partial charge is 0.0459 e. The molecule has 0 radical (unpaired) electrons. The summed E-state index contributed by atoms with van der Waals surface area (Å²) in [6.45, 7) is 6.78. The zero-order valence-corrected chi connectivity index (χ0v) is 11.0. The standard InChI is InChI=1S/C15H20N2/c1-9-5-6-13-12(7-9)15-11(3)17(4)10(2)8-14(15)16-13/h5-7,10-11,16H,8H2,1-4H3. The van der Waals surface area contributed by atoms with E-state index in [2.05, 4.69) is 55.9 Å². The fourth-order valence-corrected chi connectivity index (χ4v) is 3.05. The zero-order chi connectivity index (χ0) is 12.2. The molecule has 1 aliphatic heterocycles. The summed E-state index contributed by atoms with van der Waals surface area (Å²) < 4.78 is 0. The van der Waals surface area contributed by atoms with Gasteiger partial charge in [0.15, 0.2) is 0 Å². The molecular formula is C15H20N2.